The van der Waals surface area contributed by atoms with Crippen LogP contribution >= 0.6 is 0 Å². The second kappa shape index (κ2) is 13.7. The number of carbonyl (C=O) groups excluding carboxylic acids is 1. The number of fused-ring (bicyclic) bond motifs is 1. The Balaban J connectivity index is 1.25. The van der Waals surface area contributed by atoms with Crippen molar-refractivity contribution in [3.8, 4) is 11.4 Å². The van der Waals surface area contributed by atoms with Gasteiger partial charge in [0.1, 0.15) is 11.4 Å². The topological polar surface area (TPSA) is 143 Å². The molecule has 1 amide bonds. The van der Waals surface area contributed by atoms with Crippen molar-refractivity contribution < 1.29 is 14.3 Å². The molecule has 42 heavy (non-hydrogen) atoms. The van der Waals surface area contributed by atoms with Crippen LogP contribution in [0, 0.1) is 0 Å². The van der Waals surface area contributed by atoms with Crippen molar-refractivity contribution in [1.29, 1.82) is 0 Å². The average Bonchev–Trinajstić information content (AvgIpc) is 3.40. The van der Waals surface area contributed by atoms with E-state index in [1.165, 1.54) is 0 Å². The maximum atomic E-state index is 12.2. The summed E-state index contributed by atoms with van der Waals surface area (Å²) in [5.74, 6) is 1.34. The maximum Gasteiger partial charge on any atom is 0.407 e. The summed E-state index contributed by atoms with van der Waals surface area (Å²) in [4.78, 5) is 33.1. The van der Waals surface area contributed by atoms with Crippen LogP contribution in [0.25, 0.3) is 22.4 Å². The highest BCUT2D eigenvalue weighted by Gasteiger charge is 2.19. The predicted molar refractivity (Wildman–Crippen MR) is 160 cm³/mol. The van der Waals surface area contributed by atoms with E-state index in [4.69, 9.17) is 14.5 Å². The van der Waals surface area contributed by atoms with Gasteiger partial charge in [0.15, 0.2) is 5.65 Å². The molecule has 0 saturated carbocycles. The zero-order chi connectivity index (χ0) is 29.4. The number of H-pyrrole nitrogens is 1. The molecule has 222 valence electrons. The van der Waals surface area contributed by atoms with Gasteiger partial charge in [-0.05, 0) is 44.7 Å². The van der Waals surface area contributed by atoms with Crippen molar-refractivity contribution in [3.63, 3.8) is 0 Å². The van der Waals surface area contributed by atoms with E-state index in [1.54, 1.807) is 12.4 Å². The number of nitrogens with one attached hydrogen (secondary N) is 3. The zero-order valence-corrected chi connectivity index (χ0v) is 24.5. The van der Waals surface area contributed by atoms with Gasteiger partial charge in [-0.1, -0.05) is 30.3 Å². The van der Waals surface area contributed by atoms with Gasteiger partial charge in [0, 0.05) is 51.5 Å². The smallest absolute Gasteiger partial charge is 0.407 e. The van der Waals surface area contributed by atoms with Crippen LogP contribution in [0.15, 0.2) is 48.8 Å². The van der Waals surface area contributed by atoms with Gasteiger partial charge in [-0.2, -0.15) is 10.1 Å². The maximum absolute atomic E-state index is 12.2. The monoisotopic (exact) mass is 573 g/mol. The van der Waals surface area contributed by atoms with Crippen LogP contribution in [0.1, 0.15) is 44.5 Å². The highest BCUT2D eigenvalue weighted by Crippen LogP contribution is 2.26. The van der Waals surface area contributed by atoms with E-state index in [2.05, 4.69) is 52.8 Å². The van der Waals surface area contributed by atoms with Gasteiger partial charge < -0.3 is 20.1 Å². The minimum absolute atomic E-state index is 0.101. The van der Waals surface area contributed by atoms with Crippen LogP contribution in [0.2, 0.25) is 0 Å². The molecule has 1 aromatic carbocycles. The molecule has 1 saturated heterocycles. The van der Waals surface area contributed by atoms with Gasteiger partial charge in [-0.25, -0.2) is 19.7 Å². The molecule has 0 bridgehead atoms. The van der Waals surface area contributed by atoms with Crippen LogP contribution in [0.5, 0.6) is 0 Å². The van der Waals surface area contributed by atoms with Gasteiger partial charge in [-0.3, -0.25) is 10.00 Å². The van der Waals surface area contributed by atoms with Crippen LogP contribution in [-0.4, -0.2) is 92.7 Å². The van der Waals surface area contributed by atoms with E-state index in [9.17, 15) is 4.79 Å². The molecule has 0 radical (unpaired) electrons. The molecule has 5 rings (SSSR count). The summed E-state index contributed by atoms with van der Waals surface area (Å²) in [6, 6.07) is 12.1. The quantitative estimate of drug-likeness (QED) is 0.242. The molecule has 3 N–H and O–H groups in total. The molecule has 3 aromatic heterocycles. The summed E-state index contributed by atoms with van der Waals surface area (Å²) >= 11 is 0. The molecule has 1 aliphatic heterocycles. The number of alkyl carbamates (subject to hydrolysis) is 1. The number of carbonyl (C=O) groups is 1. The lowest BCUT2D eigenvalue weighted by Gasteiger charge is -2.26. The number of hydrogen-bond donors (Lipinski definition) is 3. The Morgan fingerprint density at radius 2 is 1.90 bits per heavy atom. The highest BCUT2D eigenvalue weighted by molar-refractivity contribution is 5.89. The SMILES string of the molecule is CC(C)(C)OC(=O)NCCC(Cc1nccc(-c2[nH]nc3nc(NCCN4CCOCC4)ncc23)n1)c1ccccc1. The minimum atomic E-state index is -0.541. The van der Waals surface area contributed by atoms with E-state index in [0.29, 0.717) is 36.8 Å². The summed E-state index contributed by atoms with van der Waals surface area (Å²) in [6.45, 7) is 11.1. The lowest BCUT2D eigenvalue weighted by Crippen LogP contribution is -2.39. The van der Waals surface area contributed by atoms with Crippen molar-refractivity contribution in [2.45, 2.75) is 45.1 Å². The first-order valence-corrected chi connectivity index (χ1v) is 14.4. The first kappa shape index (κ1) is 29.3. The lowest BCUT2D eigenvalue weighted by molar-refractivity contribution is 0.0398. The fourth-order valence-corrected chi connectivity index (χ4v) is 4.87. The van der Waals surface area contributed by atoms with Crippen molar-refractivity contribution in [1.82, 2.24) is 40.3 Å². The molecule has 1 fully saturated rings. The van der Waals surface area contributed by atoms with E-state index in [0.717, 1.165) is 61.7 Å². The Hall–Kier alpha value is -4.16. The first-order chi connectivity index (χ1) is 20.3. The average molecular weight is 574 g/mol. The van der Waals surface area contributed by atoms with Crippen LogP contribution in [0.3, 0.4) is 0 Å². The van der Waals surface area contributed by atoms with Gasteiger partial charge in [0.25, 0.3) is 0 Å². The third kappa shape index (κ3) is 8.20. The normalized spacial score (nSPS) is 14.9. The molecule has 0 aliphatic carbocycles. The Kier molecular flexibility index (Phi) is 9.55. The highest BCUT2D eigenvalue weighted by atomic mass is 16.6. The van der Waals surface area contributed by atoms with Gasteiger partial charge in [0.2, 0.25) is 5.95 Å². The number of amides is 1. The second-order valence-electron chi connectivity index (χ2n) is 11.3. The standard InChI is InChI=1S/C30H39N9O3/c1-30(2,3)42-29(40)33-11-9-22(21-7-5-4-6-8-21)19-25-31-12-10-24(35-25)26-23-20-34-28(36-27(23)38-37-26)32-13-14-39-15-17-41-18-16-39/h4-8,10,12,20,22H,9,11,13-19H2,1-3H3,(H,33,40)(H2,32,34,36,37,38). The minimum Gasteiger partial charge on any atom is -0.444 e. The number of ether oxygens (including phenoxy) is 2. The number of anilines is 1. The van der Waals surface area contributed by atoms with Crippen molar-refractivity contribution in [2.24, 2.45) is 0 Å². The first-order valence-electron chi connectivity index (χ1n) is 14.4. The summed E-state index contributed by atoms with van der Waals surface area (Å²) in [5, 5.41) is 14.5. The molecule has 12 nitrogen and oxygen atoms in total. The number of benzene rings is 1. The molecule has 1 aliphatic rings. The molecule has 4 aromatic rings. The van der Waals surface area contributed by atoms with E-state index in [-0.39, 0.29) is 5.92 Å². The number of morpholine rings is 1. The van der Waals surface area contributed by atoms with Crippen LogP contribution < -0.4 is 10.6 Å². The number of aromatic nitrogens is 6. The molecular weight excluding hydrogens is 534 g/mol. The van der Waals surface area contributed by atoms with E-state index < -0.39 is 11.7 Å². The predicted octanol–water partition coefficient (Wildman–Crippen LogP) is 3.80. The number of hydrogen-bond acceptors (Lipinski definition) is 10. The molecular formula is C30H39N9O3. The summed E-state index contributed by atoms with van der Waals surface area (Å²) in [5.41, 5.74) is 2.66. The summed E-state index contributed by atoms with van der Waals surface area (Å²) < 4.78 is 10.8. The molecule has 1 unspecified atom stereocenters. The molecule has 1 atom stereocenters. The van der Waals surface area contributed by atoms with Crippen LogP contribution in [-0.2, 0) is 15.9 Å². The van der Waals surface area contributed by atoms with Crippen molar-refractivity contribution >= 4 is 23.1 Å². The Labute approximate surface area is 245 Å². The number of nitrogens with zero attached hydrogens (tertiary/aromatic N) is 6. The zero-order valence-electron chi connectivity index (χ0n) is 24.5. The summed E-state index contributed by atoms with van der Waals surface area (Å²) in [7, 11) is 0. The summed E-state index contributed by atoms with van der Waals surface area (Å²) in [6.07, 6.45) is 4.42. The Bertz CT molecular complexity index is 1450. The fraction of sp³-hybridized carbons (Fsp3) is 0.467. The van der Waals surface area contributed by atoms with Crippen LogP contribution in [0.4, 0.5) is 10.7 Å². The van der Waals surface area contributed by atoms with Gasteiger partial charge in [-0.15, -0.1) is 0 Å². The fourth-order valence-electron chi connectivity index (χ4n) is 4.87. The lowest BCUT2D eigenvalue weighted by atomic mass is 9.92. The van der Waals surface area contributed by atoms with Crippen molar-refractivity contribution in [3.05, 3.63) is 60.2 Å². The molecule has 0 spiro atoms. The van der Waals surface area contributed by atoms with E-state index in [1.807, 2.05) is 45.0 Å². The Morgan fingerprint density at radius 3 is 2.69 bits per heavy atom. The molecule has 12 heteroatoms. The Morgan fingerprint density at radius 1 is 1.10 bits per heavy atom. The second-order valence-corrected chi connectivity index (χ2v) is 11.3. The third-order valence-corrected chi connectivity index (χ3v) is 6.95. The van der Waals surface area contributed by atoms with E-state index >= 15 is 0 Å². The van der Waals surface area contributed by atoms with Gasteiger partial charge >= 0.3 is 6.09 Å². The van der Waals surface area contributed by atoms with Gasteiger partial charge in [0.05, 0.1) is 30.0 Å². The largest absolute Gasteiger partial charge is 0.444 e. The molecule has 4 heterocycles. The number of rotatable bonds is 11. The number of aromatic amines is 1. The third-order valence-electron chi connectivity index (χ3n) is 6.95. The van der Waals surface area contributed by atoms with Crippen molar-refractivity contribution in [2.75, 3.05) is 51.3 Å².